The first-order chi connectivity index (χ1) is 13.3. The molecule has 0 aromatic rings. The van der Waals surface area contributed by atoms with Crippen molar-refractivity contribution in [3.63, 3.8) is 0 Å². The first-order valence-corrected chi connectivity index (χ1v) is 10.8. The molecule has 1 N–H and O–H groups in total. The van der Waals surface area contributed by atoms with E-state index in [4.69, 9.17) is 19.5 Å². The Hall–Kier alpha value is 3.77. The van der Waals surface area contributed by atoms with Gasteiger partial charge in [-0.2, -0.15) is 0 Å². The van der Waals surface area contributed by atoms with Gasteiger partial charge in [0, 0.05) is 76.3 Å². The second-order valence-electron chi connectivity index (χ2n) is 6.90. The molecule has 0 spiro atoms. The Bertz CT molecular complexity index is 404. The maximum Gasteiger partial charge on any atom is 1.00 e. The van der Waals surface area contributed by atoms with Crippen LogP contribution in [-0.2, 0) is 19.2 Å². The summed E-state index contributed by atoms with van der Waals surface area (Å²) in [6, 6.07) is 1.62. The average molecular weight is 719 g/mol. The zero-order valence-corrected chi connectivity index (χ0v) is 32.0. The van der Waals surface area contributed by atoms with Gasteiger partial charge in [0.25, 0.3) is 6.47 Å². The number of hydrogen-bond donors (Lipinski definition) is 1. The number of halogens is 1. The van der Waals surface area contributed by atoms with Crippen molar-refractivity contribution in [2.75, 3.05) is 90.7 Å². The topological polar surface area (TPSA) is 89.6 Å². The van der Waals surface area contributed by atoms with Gasteiger partial charge in [0.15, 0.2) is 0 Å². The molecule has 0 aromatic carbocycles. The summed E-state index contributed by atoms with van der Waals surface area (Å²) >= 11 is 3.47. The molecular formula is C17H33BrCs2N4O5. The molecule has 0 saturated carbocycles. The van der Waals surface area contributed by atoms with Crippen LogP contribution in [-0.4, -0.2) is 124 Å². The number of likely N-dealkylation sites (tertiary alicyclic amines) is 1. The third-order valence-corrected chi connectivity index (χ3v) is 5.62. The minimum absolute atomic E-state index is 0. The van der Waals surface area contributed by atoms with Gasteiger partial charge >= 0.3 is 138 Å². The van der Waals surface area contributed by atoms with Gasteiger partial charge in [-0.05, 0) is 0 Å². The molecule has 0 amide bonds. The Kier molecular flexibility index (Phi) is 23.8. The largest absolute Gasteiger partial charge is 1.00 e. The van der Waals surface area contributed by atoms with Crippen LogP contribution >= 0.6 is 15.9 Å². The molecule has 0 aliphatic carbocycles. The summed E-state index contributed by atoms with van der Waals surface area (Å²) in [4.78, 5) is 18.8. The van der Waals surface area contributed by atoms with E-state index in [1.807, 2.05) is 0 Å². The third kappa shape index (κ3) is 13.4. The quantitative estimate of drug-likeness (QED) is 0.129. The predicted molar refractivity (Wildman–Crippen MR) is 104 cm³/mol. The normalized spacial score (nSPS) is 23.4. The molecule has 4 aliphatic rings. The van der Waals surface area contributed by atoms with Crippen LogP contribution in [0.15, 0.2) is 0 Å². The van der Waals surface area contributed by atoms with E-state index < -0.39 is 0 Å². The van der Waals surface area contributed by atoms with Crippen molar-refractivity contribution < 1.29 is 164 Å². The number of alkyl halides is 1. The van der Waals surface area contributed by atoms with E-state index in [9.17, 15) is 0 Å². The van der Waals surface area contributed by atoms with Gasteiger partial charge in [0.1, 0.15) is 0 Å². The predicted octanol–water partition coefficient (Wildman–Crippen LogP) is -7.76. The minimum Gasteiger partial charge on any atom is -1.00 e. The number of carbonyl (C=O) groups excluding carboxylic acids is 1. The number of hydrogen-bond acceptors (Lipinski definition) is 9. The Morgan fingerprint density at radius 3 is 1.79 bits per heavy atom. The third-order valence-electron chi connectivity index (χ3n) is 5.26. The molecule has 0 radical (unpaired) electrons. The molecule has 4 rings (SSSR count). The van der Waals surface area contributed by atoms with Crippen LogP contribution in [0, 0.1) is 0 Å². The van der Waals surface area contributed by atoms with Crippen LogP contribution in [0.3, 0.4) is 0 Å². The molecule has 4 heterocycles. The fourth-order valence-electron chi connectivity index (χ4n) is 3.49. The first-order valence-electron chi connectivity index (χ1n) is 9.63. The summed E-state index contributed by atoms with van der Waals surface area (Å²) in [5.41, 5.74) is 0. The fraction of sp³-hybridized carbons (Fsp3) is 0.941. The molecule has 9 nitrogen and oxygen atoms in total. The van der Waals surface area contributed by atoms with E-state index in [-0.39, 0.29) is 146 Å². The molecule has 0 aromatic heterocycles. The number of nitrogens with one attached hydrogen (secondary N) is 1. The van der Waals surface area contributed by atoms with Gasteiger partial charge in [-0.1, -0.05) is 15.9 Å². The summed E-state index contributed by atoms with van der Waals surface area (Å²) in [6.45, 7) is 14.1. The zero-order valence-electron chi connectivity index (χ0n) is 18.9. The molecular weight excluding hydrogens is 686 g/mol. The number of morpholine rings is 2. The first kappa shape index (κ1) is 32.8. The van der Waals surface area contributed by atoms with Gasteiger partial charge in [0.05, 0.1) is 26.4 Å². The van der Waals surface area contributed by atoms with Crippen molar-refractivity contribution in [1.29, 1.82) is 0 Å². The van der Waals surface area contributed by atoms with Crippen LogP contribution in [0.4, 0.5) is 0 Å². The Morgan fingerprint density at radius 1 is 1.00 bits per heavy atom. The second-order valence-corrected chi connectivity index (χ2v) is 7.70. The van der Waals surface area contributed by atoms with Crippen LogP contribution in [0.2, 0.25) is 0 Å². The number of rotatable bonds is 5. The molecule has 29 heavy (non-hydrogen) atoms. The van der Waals surface area contributed by atoms with Crippen LogP contribution < -0.4 is 148 Å². The van der Waals surface area contributed by atoms with Crippen molar-refractivity contribution in [3.05, 3.63) is 0 Å². The summed E-state index contributed by atoms with van der Waals surface area (Å²) in [6.07, 6.45) is 0. The summed E-state index contributed by atoms with van der Waals surface area (Å²) < 4.78 is 10.6. The summed E-state index contributed by atoms with van der Waals surface area (Å²) in [5, 5.41) is 12.8. The van der Waals surface area contributed by atoms with Crippen LogP contribution in [0.25, 0.3) is 0 Å². The van der Waals surface area contributed by atoms with Gasteiger partial charge < -0.3 is 26.4 Å². The smallest absolute Gasteiger partial charge is 1.00 e. The number of carbonyl (C=O) groups is 1. The van der Waals surface area contributed by atoms with Crippen molar-refractivity contribution in [3.8, 4) is 0 Å². The maximum atomic E-state index is 8.64. The monoisotopic (exact) mass is 718 g/mol. The average Bonchev–Trinajstić information content (AvgIpc) is 2.65. The summed E-state index contributed by atoms with van der Waals surface area (Å²) in [5.74, 6) is 0. The van der Waals surface area contributed by atoms with Gasteiger partial charge in [0.2, 0.25) is 0 Å². The van der Waals surface area contributed by atoms with Crippen molar-refractivity contribution in [2.45, 2.75) is 12.1 Å². The van der Waals surface area contributed by atoms with Crippen molar-refractivity contribution in [1.82, 2.24) is 20.0 Å². The molecule has 12 heteroatoms. The van der Waals surface area contributed by atoms with Crippen LogP contribution in [0.5, 0.6) is 0 Å². The molecule has 4 aliphatic heterocycles. The van der Waals surface area contributed by atoms with Crippen molar-refractivity contribution >= 4 is 22.4 Å². The standard InChI is InChI=1S/C9H17BrN2O.C7H14N2O.CH2O3.2Cs.H/c10-1-2-11-7-9(8-11)12-3-5-13-6-4-12;1-3-10-4-2-9(1)7-5-8-6-7;2-1-4-3;;;/h9H,1-8H2;7-8H,1-6H2;1,3H;;;/q;;;2*+1;-1/p-1. The zero-order chi connectivity index (χ0) is 19.3. The van der Waals surface area contributed by atoms with E-state index in [0.29, 0.717) is 0 Å². The molecule has 4 saturated heterocycles. The number of nitrogens with zero attached hydrogens (tertiary/aromatic N) is 3. The molecule has 0 unspecified atom stereocenters. The fourth-order valence-corrected chi connectivity index (χ4v) is 3.99. The Balaban J connectivity index is 0. The minimum atomic E-state index is -0.181. The Morgan fingerprint density at radius 2 is 1.45 bits per heavy atom. The maximum absolute atomic E-state index is 8.64. The van der Waals surface area contributed by atoms with E-state index in [2.05, 4.69) is 40.8 Å². The van der Waals surface area contributed by atoms with Crippen molar-refractivity contribution in [2.24, 2.45) is 0 Å². The Labute approximate surface area is 302 Å². The van der Waals surface area contributed by atoms with E-state index >= 15 is 0 Å². The van der Waals surface area contributed by atoms with Gasteiger partial charge in [-0.25, -0.2) is 0 Å². The van der Waals surface area contributed by atoms with Crippen LogP contribution in [0.1, 0.15) is 1.43 Å². The molecule has 0 atom stereocenters. The molecule has 4 fully saturated rings. The van der Waals surface area contributed by atoms with E-state index in [0.717, 1.165) is 70.0 Å². The van der Waals surface area contributed by atoms with E-state index in [1.54, 1.807) is 0 Å². The molecule has 0 bridgehead atoms. The molecule has 160 valence electrons. The summed E-state index contributed by atoms with van der Waals surface area (Å²) in [7, 11) is 0. The van der Waals surface area contributed by atoms with Gasteiger partial charge in [-0.3, -0.25) is 19.5 Å². The number of ether oxygens (including phenoxy) is 2. The SMILES string of the molecule is BrCCN1CC(N2CCOCC2)C1.C1CN(C2CNC2)CCO1.O=CO[O-].[Cs+].[Cs+].[H-]. The second kappa shape index (κ2) is 21.1. The van der Waals surface area contributed by atoms with Gasteiger partial charge in [-0.15, -0.1) is 0 Å². The van der Waals surface area contributed by atoms with E-state index in [1.165, 1.54) is 32.7 Å².